The highest BCUT2D eigenvalue weighted by Gasteiger charge is 2.11. The first kappa shape index (κ1) is 14.8. The fourth-order valence-corrected chi connectivity index (χ4v) is 2.30. The topological polar surface area (TPSA) is 29.3 Å². The maximum atomic E-state index is 13.9. The van der Waals surface area contributed by atoms with E-state index in [2.05, 4.69) is 4.90 Å². The van der Waals surface area contributed by atoms with E-state index in [1.54, 1.807) is 18.2 Å². The zero-order valence-electron chi connectivity index (χ0n) is 11.4. The van der Waals surface area contributed by atoms with Crippen LogP contribution in [0.1, 0.15) is 18.1 Å². The number of nitrogens with zero attached hydrogens (tertiary/aromatic N) is 1. The van der Waals surface area contributed by atoms with Crippen LogP contribution in [0.3, 0.4) is 0 Å². The van der Waals surface area contributed by atoms with E-state index in [1.807, 2.05) is 31.2 Å². The monoisotopic (exact) mass is 292 g/mol. The van der Waals surface area contributed by atoms with Crippen LogP contribution in [0.25, 0.3) is 0 Å². The molecule has 0 fully saturated rings. The van der Waals surface area contributed by atoms with E-state index < -0.39 is 0 Å². The zero-order chi connectivity index (χ0) is 14.5. The number of hydrogen-bond donors (Lipinski definition) is 1. The van der Waals surface area contributed by atoms with Gasteiger partial charge in [-0.05, 0) is 24.2 Å². The Bertz CT molecular complexity index is 586. The molecule has 0 saturated heterocycles. The lowest BCUT2D eigenvalue weighted by Gasteiger charge is -2.21. The van der Waals surface area contributed by atoms with Gasteiger partial charge in [-0.3, -0.25) is 4.90 Å². The quantitative estimate of drug-likeness (QED) is 0.841. The highest BCUT2D eigenvalue weighted by Crippen LogP contribution is 2.21. The molecule has 0 atom stereocenters. The molecule has 0 aliphatic heterocycles. The molecule has 0 amide bonds. The van der Waals surface area contributed by atoms with E-state index in [0.717, 1.165) is 17.8 Å². The third-order valence-corrected chi connectivity index (χ3v) is 3.61. The second kappa shape index (κ2) is 6.73. The summed E-state index contributed by atoms with van der Waals surface area (Å²) >= 11 is 5.81. The maximum absolute atomic E-state index is 13.9. The molecule has 0 spiro atoms. The second-order valence-electron chi connectivity index (χ2n) is 4.72. The van der Waals surface area contributed by atoms with E-state index in [0.29, 0.717) is 18.7 Å². The van der Waals surface area contributed by atoms with Gasteiger partial charge in [0.1, 0.15) is 5.82 Å². The smallest absolute Gasteiger partial charge is 0.146 e. The van der Waals surface area contributed by atoms with E-state index >= 15 is 0 Å². The lowest BCUT2D eigenvalue weighted by Crippen LogP contribution is -2.23. The summed E-state index contributed by atoms with van der Waals surface area (Å²) in [6, 6.07) is 12.8. The largest absolute Gasteiger partial charge is 0.398 e. The molecule has 2 aromatic rings. The van der Waals surface area contributed by atoms with E-state index in [4.69, 9.17) is 17.3 Å². The van der Waals surface area contributed by atoms with Crippen molar-refractivity contribution in [3.05, 3.63) is 64.4 Å². The Morgan fingerprint density at radius 1 is 1.05 bits per heavy atom. The van der Waals surface area contributed by atoms with Gasteiger partial charge in [0.2, 0.25) is 0 Å². The number of halogens is 2. The Kier molecular flexibility index (Phi) is 4.99. The first-order valence-electron chi connectivity index (χ1n) is 6.60. The molecule has 0 bridgehead atoms. The molecule has 0 aromatic heterocycles. The SMILES string of the molecule is CCN(Cc1ccccc1N)Cc1cccc(Cl)c1F. The summed E-state index contributed by atoms with van der Waals surface area (Å²) in [6.07, 6.45) is 0. The summed E-state index contributed by atoms with van der Waals surface area (Å²) < 4.78 is 13.9. The van der Waals surface area contributed by atoms with E-state index in [-0.39, 0.29) is 10.8 Å². The highest BCUT2D eigenvalue weighted by atomic mass is 35.5. The van der Waals surface area contributed by atoms with Gasteiger partial charge < -0.3 is 5.73 Å². The Labute approximate surface area is 124 Å². The molecule has 0 heterocycles. The lowest BCUT2D eigenvalue weighted by atomic mass is 10.1. The summed E-state index contributed by atoms with van der Waals surface area (Å²) in [5, 5.41) is 0.165. The summed E-state index contributed by atoms with van der Waals surface area (Å²) in [6.45, 7) is 4.05. The summed E-state index contributed by atoms with van der Waals surface area (Å²) in [7, 11) is 0. The molecular weight excluding hydrogens is 275 g/mol. The summed E-state index contributed by atoms with van der Waals surface area (Å²) in [5.41, 5.74) is 8.37. The number of nitrogens with two attached hydrogens (primary N) is 1. The minimum atomic E-state index is -0.339. The molecular formula is C16H18ClFN2. The van der Waals surface area contributed by atoms with Gasteiger partial charge in [-0.25, -0.2) is 4.39 Å². The van der Waals surface area contributed by atoms with Crippen LogP contribution in [-0.2, 0) is 13.1 Å². The molecule has 106 valence electrons. The third-order valence-electron chi connectivity index (χ3n) is 3.32. The number of rotatable bonds is 5. The predicted octanol–water partition coefficient (Wildman–Crippen LogP) is 4.08. The van der Waals surface area contributed by atoms with Crippen molar-refractivity contribution in [2.45, 2.75) is 20.0 Å². The average Bonchev–Trinajstić information content (AvgIpc) is 2.45. The van der Waals surface area contributed by atoms with E-state index in [9.17, 15) is 4.39 Å². The highest BCUT2D eigenvalue weighted by molar-refractivity contribution is 6.30. The van der Waals surface area contributed by atoms with Gasteiger partial charge >= 0.3 is 0 Å². The van der Waals surface area contributed by atoms with Crippen LogP contribution in [0.15, 0.2) is 42.5 Å². The minimum Gasteiger partial charge on any atom is -0.398 e. The summed E-state index contributed by atoms with van der Waals surface area (Å²) in [4.78, 5) is 2.13. The van der Waals surface area contributed by atoms with Crippen molar-refractivity contribution >= 4 is 17.3 Å². The minimum absolute atomic E-state index is 0.165. The lowest BCUT2D eigenvalue weighted by molar-refractivity contribution is 0.268. The Morgan fingerprint density at radius 2 is 1.70 bits per heavy atom. The standard InChI is InChI=1S/C16H18ClFN2/c1-2-20(10-12-6-3-4-9-15(12)19)11-13-7-5-8-14(17)16(13)18/h3-9H,2,10-11,19H2,1H3. The Hall–Kier alpha value is -1.58. The number of benzene rings is 2. The first-order valence-corrected chi connectivity index (χ1v) is 6.98. The van der Waals surface area contributed by atoms with Crippen molar-refractivity contribution in [3.8, 4) is 0 Å². The maximum Gasteiger partial charge on any atom is 0.146 e. The molecule has 2 rings (SSSR count). The van der Waals surface area contributed by atoms with Crippen molar-refractivity contribution in [1.29, 1.82) is 0 Å². The van der Waals surface area contributed by atoms with Crippen molar-refractivity contribution < 1.29 is 4.39 Å². The van der Waals surface area contributed by atoms with Gasteiger partial charge in [-0.15, -0.1) is 0 Å². The molecule has 4 heteroatoms. The molecule has 2 N–H and O–H groups in total. The average molecular weight is 293 g/mol. The fourth-order valence-electron chi connectivity index (χ4n) is 2.11. The van der Waals surface area contributed by atoms with Crippen molar-refractivity contribution in [1.82, 2.24) is 4.90 Å². The number of para-hydroxylation sites is 1. The molecule has 0 radical (unpaired) electrons. The Morgan fingerprint density at radius 3 is 2.40 bits per heavy atom. The number of nitrogen functional groups attached to an aromatic ring is 1. The second-order valence-corrected chi connectivity index (χ2v) is 5.12. The molecule has 0 saturated carbocycles. The van der Waals surface area contributed by atoms with Crippen LogP contribution in [0.2, 0.25) is 5.02 Å². The molecule has 0 unspecified atom stereocenters. The van der Waals surface area contributed by atoms with Gasteiger partial charge in [0.15, 0.2) is 0 Å². The van der Waals surface area contributed by atoms with Gasteiger partial charge in [-0.1, -0.05) is 48.9 Å². The number of hydrogen-bond acceptors (Lipinski definition) is 2. The van der Waals surface area contributed by atoms with Crippen molar-refractivity contribution in [2.24, 2.45) is 0 Å². The molecule has 20 heavy (non-hydrogen) atoms. The summed E-state index contributed by atoms with van der Waals surface area (Å²) in [5.74, 6) is -0.339. The predicted molar refractivity (Wildman–Crippen MR) is 82.1 cm³/mol. The third kappa shape index (κ3) is 3.50. The normalized spacial score (nSPS) is 11.0. The van der Waals surface area contributed by atoms with Crippen LogP contribution in [0.5, 0.6) is 0 Å². The Balaban J connectivity index is 2.14. The number of anilines is 1. The first-order chi connectivity index (χ1) is 9.61. The van der Waals surface area contributed by atoms with Crippen LogP contribution >= 0.6 is 11.6 Å². The van der Waals surface area contributed by atoms with Crippen molar-refractivity contribution in [3.63, 3.8) is 0 Å². The van der Waals surface area contributed by atoms with Crippen molar-refractivity contribution in [2.75, 3.05) is 12.3 Å². The van der Waals surface area contributed by atoms with Crippen LogP contribution in [0.4, 0.5) is 10.1 Å². The van der Waals surface area contributed by atoms with Gasteiger partial charge in [0.25, 0.3) is 0 Å². The molecule has 0 aliphatic rings. The molecule has 0 aliphatic carbocycles. The van der Waals surface area contributed by atoms with Crippen LogP contribution in [0, 0.1) is 5.82 Å². The molecule has 2 nitrogen and oxygen atoms in total. The van der Waals surface area contributed by atoms with Gasteiger partial charge in [0, 0.05) is 24.3 Å². The molecule has 2 aromatic carbocycles. The zero-order valence-corrected chi connectivity index (χ0v) is 12.2. The van der Waals surface area contributed by atoms with Gasteiger partial charge in [0.05, 0.1) is 5.02 Å². The van der Waals surface area contributed by atoms with E-state index in [1.165, 1.54) is 0 Å². The van der Waals surface area contributed by atoms with Crippen LogP contribution in [-0.4, -0.2) is 11.4 Å². The van der Waals surface area contributed by atoms with Gasteiger partial charge in [-0.2, -0.15) is 0 Å². The fraction of sp³-hybridized carbons (Fsp3) is 0.250. The van der Waals surface area contributed by atoms with Crippen LogP contribution < -0.4 is 5.73 Å².